The summed E-state index contributed by atoms with van der Waals surface area (Å²) in [6, 6.07) is 7.67. The average Bonchev–Trinajstić information content (AvgIpc) is 3.22. The summed E-state index contributed by atoms with van der Waals surface area (Å²) < 4.78 is 0. The molecule has 2 aromatic rings. The molecule has 30 heavy (non-hydrogen) atoms. The van der Waals surface area contributed by atoms with Crippen molar-refractivity contribution in [3.63, 3.8) is 0 Å². The lowest BCUT2D eigenvalue weighted by molar-refractivity contribution is -0.136. The molecule has 1 fully saturated rings. The molecule has 7 heteroatoms. The van der Waals surface area contributed by atoms with Gasteiger partial charge in [-0.05, 0) is 38.3 Å². The van der Waals surface area contributed by atoms with Gasteiger partial charge < -0.3 is 14.8 Å². The number of rotatable bonds is 4. The maximum absolute atomic E-state index is 13.6. The lowest BCUT2D eigenvalue weighted by Crippen LogP contribution is -2.66. The van der Waals surface area contributed by atoms with E-state index in [0.717, 1.165) is 43.7 Å². The highest BCUT2D eigenvalue weighted by atomic mass is 16.2. The van der Waals surface area contributed by atoms with Gasteiger partial charge in [-0.1, -0.05) is 18.2 Å². The minimum Gasteiger partial charge on any atom is -0.348 e. The molecule has 0 radical (unpaired) electrons. The third-order valence-electron chi connectivity index (χ3n) is 6.61. The Morgan fingerprint density at radius 2 is 1.97 bits per heavy atom. The summed E-state index contributed by atoms with van der Waals surface area (Å²) in [6.07, 6.45) is 5.08. The van der Waals surface area contributed by atoms with E-state index in [4.69, 9.17) is 0 Å². The van der Waals surface area contributed by atoms with Gasteiger partial charge in [-0.2, -0.15) is 0 Å². The maximum atomic E-state index is 13.6. The van der Waals surface area contributed by atoms with Gasteiger partial charge in [0.15, 0.2) is 0 Å². The van der Waals surface area contributed by atoms with Gasteiger partial charge in [-0.3, -0.25) is 14.5 Å². The van der Waals surface area contributed by atoms with Crippen LogP contribution in [0.3, 0.4) is 0 Å². The number of fused-ring (bicyclic) bond motifs is 1. The monoisotopic (exact) mass is 409 g/mol. The summed E-state index contributed by atoms with van der Waals surface area (Å²) in [5.74, 6) is -0.230. The summed E-state index contributed by atoms with van der Waals surface area (Å²) in [6.45, 7) is 6.57. The molecule has 2 aliphatic heterocycles. The maximum Gasteiger partial charge on any atom is 0.254 e. The lowest BCUT2D eigenvalue weighted by atomic mass is 9.66. The topological polar surface area (TPSA) is 72.5 Å². The molecule has 1 aromatic carbocycles. The van der Waals surface area contributed by atoms with E-state index < -0.39 is 5.54 Å². The smallest absolute Gasteiger partial charge is 0.254 e. The predicted octanol–water partition coefficient (Wildman–Crippen LogP) is 2.48. The standard InChI is InChI=1S/C23H31N5O2/c1-16(2)28-21(29)19-8-6-5-7-18(19)20(22(30)26(3)4)23(28)9-11-27(12-10-23)14-17-13-24-15-25-17/h5-8,13,15-16,20H,9-12,14H2,1-4H3,(H,24,25). The summed E-state index contributed by atoms with van der Waals surface area (Å²) in [5, 5.41) is 0. The van der Waals surface area contributed by atoms with E-state index in [1.165, 1.54) is 0 Å². The van der Waals surface area contributed by atoms with Crippen LogP contribution in [0.4, 0.5) is 0 Å². The second kappa shape index (κ2) is 7.87. The quantitative estimate of drug-likeness (QED) is 0.842. The van der Waals surface area contributed by atoms with Gasteiger partial charge >= 0.3 is 0 Å². The molecule has 1 aromatic heterocycles. The third-order valence-corrected chi connectivity index (χ3v) is 6.61. The first-order chi connectivity index (χ1) is 14.3. The van der Waals surface area contributed by atoms with Crippen LogP contribution in [0.25, 0.3) is 0 Å². The highest BCUT2D eigenvalue weighted by Gasteiger charge is 2.56. The molecule has 1 atom stereocenters. The van der Waals surface area contributed by atoms with Gasteiger partial charge in [0.05, 0.1) is 17.8 Å². The van der Waals surface area contributed by atoms with Crippen molar-refractivity contribution in [2.75, 3.05) is 27.2 Å². The number of H-pyrrole nitrogens is 1. The van der Waals surface area contributed by atoms with Crippen LogP contribution in [-0.2, 0) is 11.3 Å². The zero-order valence-electron chi connectivity index (χ0n) is 18.3. The molecule has 0 aliphatic carbocycles. The van der Waals surface area contributed by atoms with Crippen LogP contribution in [0.1, 0.15) is 54.2 Å². The molecule has 1 N–H and O–H groups in total. The van der Waals surface area contributed by atoms with Crippen LogP contribution in [0.2, 0.25) is 0 Å². The Hall–Kier alpha value is -2.67. The fraction of sp³-hybridized carbons (Fsp3) is 0.522. The Morgan fingerprint density at radius 1 is 1.27 bits per heavy atom. The highest BCUT2D eigenvalue weighted by Crippen LogP contribution is 2.48. The van der Waals surface area contributed by atoms with Crippen LogP contribution >= 0.6 is 0 Å². The Kier molecular flexibility index (Phi) is 5.40. The summed E-state index contributed by atoms with van der Waals surface area (Å²) in [7, 11) is 3.62. The number of benzene rings is 1. The van der Waals surface area contributed by atoms with Crippen LogP contribution in [0, 0.1) is 0 Å². The van der Waals surface area contributed by atoms with Crippen LogP contribution < -0.4 is 0 Å². The summed E-state index contributed by atoms with van der Waals surface area (Å²) >= 11 is 0. The van der Waals surface area contributed by atoms with Crippen molar-refractivity contribution >= 4 is 11.8 Å². The number of likely N-dealkylation sites (N-methyl/N-ethyl adjacent to an activating group) is 1. The molecule has 1 unspecified atom stereocenters. The van der Waals surface area contributed by atoms with Gasteiger partial charge in [-0.25, -0.2) is 4.98 Å². The minimum absolute atomic E-state index is 0.0162. The first-order valence-corrected chi connectivity index (χ1v) is 10.7. The van der Waals surface area contributed by atoms with Crippen LogP contribution in [0.5, 0.6) is 0 Å². The third kappa shape index (κ3) is 3.31. The van der Waals surface area contributed by atoms with Crippen molar-refractivity contribution in [3.8, 4) is 0 Å². The molecule has 2 aliphatic rings. The largest absolute Gasteiger partial charge is 0.348 e. The summed E-state index contributed by atoms with van der Waals surface area (Å²) in [4.78, 5) is 40.4. The van der Waals surface area contributed by atoms with Crippen molar-refractivity contribution in [1.29, 1.82) is 0 Å². The van der Waals surface area contributed by atoms with Crippen LogP contribution in [0.15, 0.2) is 36.8 Å². The van der Waals surface area contributed by atoms with E-state index in [1.807, 2.05) is 49.5 Å². The number of amides is 2. The normalized spacial score (nSPS) is 21.2. The number of hydrogen-bond donors (Lipinski definition) is 1. The van der Waals surface area contributed by atoms with Gasteiger partial charge in [0.2, 0.25) is 5.91 Å². The van der Waals surface area contributed by atoms with Crippen molar-refractivity contribution in [2.45, 2.75) is 50.7 Å². The van der Waals surface area contributed by atoms with Gasteiger partial charge in [0, 0.05) is 57.2 Å². The molecule has 4 rings (SSSR count). The van der Waals surface area contributed by atoms with E-state index in [0.29, 0.717) is 5.56 Å². The lowest BCUT2D eigenvalue weighted by Gasteiger charge is -2.56. The molecule has 0 saturated carbocycles. The zero-order chi connectivity index (χ0) is 21.5. The number of imidazole rings is 1. The van der Waals surface area contributed by atoms with Gasteiger partial charge in [0.25, 0.3) is 5.91 Å². The van der Waals surface area contributed by atoms with E-state index in [2.05, 4.69) is 28.7 Å². The molecular formula is C23H31N5O2. The number of aromatic nitrogens is 2. The number of likely N-dealkylation sites (tertiary alicyclic amines) is 1. The summed E-state index contributed by atoms with van der Waals surface area (Å²) in [5.41, 5.74) is 2.11. The number of nitrogens with zero attached hydrogens (tertiary/aromatic N) is 4. The van der Waals surface area contributed by atoms with Crippen molar-refractivity contribution in [2.24, 2.45) is 0 Å². The van der Waals surface area contributed by atoms with Crippen LogP contribution in [-0.4, -0.2) is 75.2 Å². The SMILES string of the molecule is CC(C)N1C(=O)c2ccccc2C(C(=O)N(C)C)C12CCN(Cc1cnc[nH]1)CC2. The second-order valence-corrected chi connectivity index (χ2v) is 8.98. The molecule has 3 heterocycles. The van der Waals surface area contributed by atoms with E-state index in [1.54, 1.807) is 11.2 Å². The number of nitrogens with one attached hydrogen (secondary N) is 1. The van der Waals surface area contributed by atoms with Gasteiger partial charge in [-0.15, -0.1) is 0 Å². The average molecular weight is 410 g/mol. The predicted molar refractivity (Wildman–Crippen MR) is 115 cm³/mol. The molecule has 1 saturated heterocycles. The molecule has 160 valence electrons. The van der Waals surface area contributed by atoms with E-state index in [9.17, 15) is 9.59 Å². The molecule has 1 spiro atoms. The number of piperidine rings is 1. The Balaban J connectivity index is 1.74. The number of carbonyl (C=O) groups is 2. The second-order valence-electron chi connectivity index (χ2n) is 8.98. The molecule has 7 nitrogen and oxygen atoms in total. The first-order valence-electron chi connectivity index (χ1n) is 10.7. The number of hydrogen-bond acceptors (Lipinski definition) is 4. The van der Waals surface area contributed by atoms with E-state index in [-0.39, 0.29) is 23.8 Å². The van der Waals surface area contributed by atoms with Crippen molar-refractivity contribution < 1.29 is 9.59 Å². The zero-order valence-corrected chi connectivity index (χ0v) is 18.3. The molecule has 2 amide bonds. The fourth-order valence-electron chi connectivity index (χ4n) is 5.31. The Labute approximate surface area is 178 Å². The number of carbonyl (C=O) groups excluding carboxylic acids is 2. The first kappa shape index (κ1) is 20.6. The fourth-order valence-corrected chi connectivity index (χ4v) is 5.31. The highest BCUT2D eigenvalue weighted by molar-refractivity contribution is 6.02. The van der Waals surface area contributed by atoms with Gasteiger partial charge in [0.1, 0.15) is 0 Å². The van der Waals surface area contributed by atoms with Crippen molar-refractivity contribution in [1.82, 2.24) is 24.7 Å². The Bertz CT molecular complexity index is 913. The van der Waals surface area contributed by atoms with Crippen molar-refractivity contribution in [3.05, 3.63) is 53.6 Å². The molecule has 0 bridgehead atoms. The Morgan fingerprint density at radius 3 is 2.57 bits per heavy atom. The van der Waals surface area contributed by atoms with E-state index >= 15 is 0 Å². The molecular weight excluding hydrogens is 378 g/mol. The number of aromatic amines is 1. The minimum atomic E-state index is -0.508.